The number of esters is 1. The molecule has 35 heavy (non-hydrogen) atoms. The number of aromatic nitrogens is 1. The van der Waals surface area contributed by atoms with Crippen molar-refractivity contribution >= 4 is 40.3 Å². The van der Waals surface area contributed by atoms with E-state index in [9.17, 15) is 14.4 Å². The lowest BCUT2D eigenvalue weighted by Gasteiger charge is -2.35. The number of ether oxygens (including phenoxy) is 2. The molecule has 0 saturated carbocycles. The summed E-state index contributed by atoms with van der Waals surface area (Å²) in [5, 5.41) is 4.20. The summed E-state index contributed by atoms with van der Waals surface area (Å²) in [5.74, 6) is -1.42. The molecule has 8 nitrogen and oxygen atoms in total. The minimum Gasteiger partial charge on any atom is -0.454 e. The molecule has 0 radical (unpaired) electrons. The smallest absolute Gasteiger partial charge is 0.329 e. The number of H-pyrrole nitrogens is 1. The van der Waals surface area contributed by atoms with Crippen LogP contribution in [0, 0.1) is 0 Å². The Hall–Kier alpha value is -3.36. The number of carbonyl (C=O) groups excluding carboxylic acids is 3. The number of amides is 2. The van der Waals surface area contributed by atoms with Gasteiger partial charge in [-0.05, 0) is 49.7 Å². The summed E-state index contributed by atoms with van der Waals surface area (Å²) in [5.41, 5.74) is 2.13. The zero-order chi connectivity index (χ0) is 24.9. The second-order valence-electron chi connectivity index (χ2n) is 8.76. The number of carbonyl (C=O) groups is 3. The Morgan fingerprint density at radius 3 is 2.51 bits per heavy atom. The number of benzene rings is 2. The van der Waals surface area contributed by atoms with Gasteiger partial charge < -0.3 is 24.7 Å². The average Bonchev–Trinajstić information content (AvgIpc) is 3.24. The first kappa shape index (κ1) is 24.8. The number of halogens is 1. The summed E-state index contributed by atoms with van der Waals surface area (Å²) in [4.78, 5) is 43.4. The summed E-state index contributed by atoms with van der Waals surface area (Å²) < 4.78 is 11.0. The molecule has 0 spiro atoms. The van der Waals surface area contributed by atoms with Crippen LogP contribution in [0.25, 0.3) is 10.9 Å². The van der Waals surface area contributed by atoms with Crippen LogP contribution >= 0.6 is 11.6 Å². The van der Waals surface area contributed by atoms with Crippen molar-refractivity contribution < 1.29 is 23.9 Å². The van der Waals surface area contributed by atoms with Crippen LogP contribution in [0.4, 0.5) is 0 Å². The second-order valence-corrected chi connectivity index (χ2v) is 9.20. The molecule has 1 aliphatic rings. The molecule has 0 aliphatic carbocycles. The number of morpholine rings is 1. The maximum Gasteiger partial charge on any atom is 0.329 e. The topological polar surface area (TPSA) is 101 Å². The van der Waals surface area contributed by atoms with Crippen LogP contribution in [0.3, 0.4) is 0 Å². The quantitative estimate of drug-likeness (QED) is 0.487. The van der Waals surface area contributed by atoms with Gasteiger partial charge in [0.1, 0.15) is 6.04 Å². The number of para-hydroxylation sites is 1. The van der Waals surface area contributed by atoms with E-state index >= 15 is 0 Å². The second kappa shape index (κ2) is 10.9. The highest BCUT2D eigenvalue weighted by Gasteiger charge is 2.29. The molecule has 0 unspecified atom stereocenters. The Morgan fingerprint density at radius 1 is 1.11 bits per heavy atom. The molecule has 2 aromatic carbocycles. The van der Waals surface area contributed by atoms with Crippen LogP contribution < -0.4 is 5.32 Å². The van der Waals surface area contributed by atoms with Crippen molar-refractivity contribution in [2.45, 2.75) is 38.5 Å². The molecule has 1 saturated heterocycles. The highest BCUT2D eigenvalue weighted by Crippen LogP contribution is 2.20. The Kier molecular flexibility index (Phi) is 7.73. The molecular formula is C26H28ClN3O5. The van der Waals surface area contributed by atoms with Gasteiger partial charge in [-0.15, -0.1) is 0 Å². The Bertz CT molecular complexity index is 1200. The van der Waals surface area contributed by atoms with Gasteiger partial charge in [-0.2, -0.15) is 0 Å². The maximum absolute atomic E-state index is 13.1. The van der Waals surface area contributed by atoms with Crippen LogP contribution in [-0.2, 0) is 25.5 Å². The van der Waals surface area contributed by atoms with Crippen molar-refractivity contribution in [2.75, 3.05) is 19.7 Å². The lowest BCUT2D eigenvalue weighted by Crippen LogP contribution is -2.50. The van der Waals surface area contributed by atoms with Crippen molar-refractivity contribution in [2.24, 2.45) is 0 Å². The predicted octanol–water partition coefficient (Wildman–Crippen LogP) is 3.34. The minimum atomic E-state index is -0.993. The Morgan fingerprint density at radius 2 is 1.80 bits per heavy atom. The predicted molar refractivity (Wildman–Crippen MR) is 132 cm³/mol. The van der Waals surface area contributed by atoms with Crippen LogP contribution in [0.2, 0.25) is 5.02 Å². The Labute approximate surface area is 208 Å². The highest BCUT2D eigenvalue weighted by molar-refractivity contribution is 6.30. The first-order valence-electron chi connectivity index (χ1n) is 11.5. The fraction of sp³-hybridized carbons (Fsp3) is 0.346. The van der Waals surface area contributed by atoms with E-state index in [0.29, 0.717) is 23.7 Å². The molecule has 9 heteroatoms. The van der Waals surface area contributed by atoms with Gasteiger partial charge in [-0.1, -0.05) is 29.8 Å². The summed E-state index contributed by atoms with van der Waals surface area (Å²) in [6.07, 6.45) is 1.82. The summed E-state index contributed by atoms with van der Waals surface area (Å²) >= 11 is 5.92. The monoisotopic (exact) mass is 497 g/mol. The van der Waals surface area contributed by atoms with Crippen molar-refractivity contribution in [3.63, 3.8) is 0 Å². The molecule has 1 aromatic heterocycles. The third kappa shape index (κ3) is 6.21. The first-order chi connectivity index (χ1) is 16.8. The van der Waals surface area contributed by atoms with Gasteiger partial charge in [0.2, 0.25) is 0 Å². The van der Waals surface area contributed by atoms with Crippen molar-refractivity contribution in [3.8, 4) is 0 Å². The fourth-order valence-electron chi connectivity index (χ4n) is 4.26. The standard InChI is InChI=1S/C26H28ClN3O5/c1-16-13-30(14-17(2)35-16)24(31)15-34-26(33)23(29-25(32)18-7-9-20(27)10-8-18)11-19-12-28-22-6-4-3-5-21(19)22/h3-10,12,16-17,23,28H,11,13-15H2,1-2H3,(H,29,32)/t16-,17-,23-/m0/s1. The van der Waals surface area contributed by atoms with Gasteiger partial charge in [0.15, 0.2) is 6.61 Å². The number of fused-ring (bicyclic) bond motifs is 1. The molecule has 2 amide bonds. The number of aromatic amines is 1. The van der Waals surface area contributed by atoms with E-state index in [1.807, 2.05) is 38.1 Å². The maximum atomic E-state index is 13.1. The van der Waals surface area contributed by atoms with Gasteiger partial charge in [0.25, 0.3) is 11.8 Å². The average molecular weight is 498 g/mol. The van der Waals surface area contributed by atoms with E-state index in [2.05, 4.69) is 10.3 Å². The molecule has 1 aliphatic heterocycles. The largest absolute Gasteiger partial charge is 0.454 e. The Balaban J connectivity index is 1.47. The van der Waals surface area contributed by atoms with Gasteiger partial charge in [0, 0.05) is 47.2 Å². The lowest BCUT2D eigenvalue weighted by molar-refractivity contribution is -0.158. The zero-order valence-corrected chi connectivity index (χ0v) is 20.4. The summed E-state index contributed by atoms with van der Waals surface area (Å²) in [6, 6.07) is 13.1. The van der Waals surface area contributed by atoms with Crippen molar-refractivity contribution in [1.29, 1.82) is 0 Å². The number of nitrogens with one attached hydrogen (secondary N) is 2. The van der Waals surface area contributed by atoms with Gasteiger partial charge in [-0.3, -0.25) is 9.59 Å². The molecular weight excluding hydrogens is 470 g/mol. The SMILES string of the molecule is C[C@H]1CN(C(=O)COC(=O)[C@H](Cc2c[nH]c3ccccc23)NC(=O)c2ccc(Cl)cc2)C[C@H](C)O1. The zero-order valence-electron chi connectivity index (χ0n) is 19.6. The van der Waals surface area contributed by atoms with Crippen LogP contribution in [-0.4, -0.2) is 65.6 Å². The number of rotatable bonds is 7. The lowest BCUT2D eigenvalue weighted by atomic mass is 10.0. The molecule has 3 atom stereocenters. The molecule has 184 valence electrons. The molecule has 1 fully saturated rings. The van der Waals surface area contributed by atoms with E-state index in [1.165, 1.54) is 0 Å². The summed E-state index contributed by atoms with van der Waals surface area (Å²) in [6.45, 7) is 4.26. The molecule has 2 N–H and O–H groups in total. The highest BCUT2D eigenvalue weighted by atomic mass is 35.5. The molecule has 0 bridgehead atoms. The number of hydrogen-bond donors (Lipinski definition) is 2. The van der Waals surface area contributed by atoms with Crippen molar-refractivity contribution in [1.82, 2.24) is 15.2 Å². The van der Waals surface area contributed by atoms with E-state index < -0.39 is 24.5 Å². The van der Waals surface area contributed by atoms with E-state index in [1.54, 1.807) is 35.4 Å². The third-order valence-corrected chi connectivity index (χ3v) is 6.16. The molecule has 2 heterocycles. The van der Waals surface area contributed by atoms with Crippen molar-refractivity contribution in [3.05, 3.63) is 70.9 Å². The van der Waals surface area contributed by atoms with Gasteiger partial charge >= 0.3 is 5.97 Å². The molecule has 4 rings (SSSR count). The van der Waals surface area contributed by atoms with Crippen LogP contribution in [0.15, 0.2) is 54.7 Å². The molecule has 3 aromatic rings. The number of hydrogen-bond acceptors (Lipinski definition) is 5. The first-order valence-corrected chi connectivity index (χ1v) is 11.9. The normalized spacial score (nSPS) is 18.8. The van der Waals surface area contributed by atoms with E-state index in [-0.39, 0.29) is 24.5 Å². The van der Waals surface area contributed by atoms with Crippen LogP contribution in [0.5, 0.6) is 0 Å². The van der Waals surface area contributed by atoms with Crippen LogP contribution in [0.1, 0.15) is 29.8 Å². The summed E-state index contributed by atoms with van der Waals surface area (Å²) in [7, 11) is 0. The van der Waals surface area contributed by atoms with Gasteiger partial charge in [-0.25, -0.2) is 4.79 Å². The van der Waals surface area contributed by atoms with E-state index in [0.717, 1.165) is 16.5 Å². The number of nitrogens with zero attached hydrogens (tertiary/aromatic N) is 1. The third-order valence-electron chi connectivity index (χ3n) is 5.91. The minimum absolute atomic E-state index is 0.0910. The van der Waals surface area contributed by atoms with Gasteiger partial charge in [0.05, 0.1) is 12.2 Å². The fourth-order valence-corrected chi connectivity index (χ4v) is 4.39. The van der Waals surface area contributed by atoms with E-state index in [4.69, 9.17) is 21.1 Å².